The quantitative estimate of drug-likeness (QED) is 0.631. The van der Waals surface area contributed by atoms with E-state index in [2.05, 4.69) is 5.32 Å². The van der Waals surface area contributed by atoms with Gasteiger partial charge in [-0.2, -0.15) is 13.2 Å². The number of aliphatic hydroxyl groups excluding tert-OH is 2. The Hall–Kier alpha value is -2.84. The molecule has 2 aromatic rings. The van der Waals surface area contributed by atoms with Crippen molar-refractivity contribution in [2.24, 2.45) is 0 Å². The van der Waals surface area contributed by atoms with Crippen LogP contribution in [0.2, 0.25) is 0 Å². The third kappa shape index (κ3) is 4.60. The number of carbonyl (C=O) groups excluding carboxylic acids is 1. The first kappa shape index (κ1) is 21.4. The summed E-state index contributed by atoms with van der Waals surface area (Å²) in [5.41, 5.74) is 2.44. The van der Waals surface area contributed by atoms with Crippen LogP contribution in [0.25, 0.3) is 5.57 Å². The van der Waals surface area contributed by atoms with E-state index < -0.39 is 29.9 Å². The van der Waals surface area contributed by atoms with E-state index in [1.807, 2.05) is 6.07 Å². The minimum Gasteiger partial charge on any atom is -0.493 e. The summed E-state index contributed by atoms with van der Waals surface area (Å²) in [6.07, 6.45) is -3.26. The van der Waals surface area contributed by atoms with Gasteiger partial charge in [0.1, 0.15) is 5.75 Å². The number of alkyl halides is 3. The number of anilines is 1. The first-order valence-corrected chi connectivity index (χ1v) is 10.1. The Balaban J connectivity index is 1.60. The second-order valence-electron chi connectivity index (χ2n) is 7.81. The third-order valence-electron chi connectivity index (χ3n) is 5.63. The van der Waals surface area contributed by atoms with Gasteiger partial charge in [-0.05, 0) is 47.7 Å². The highest BCUT2D eigenvalue weighted by molar-refractivity contribution is 6.04. The summed E-state index contributed by atoms with van der Waals surface area (Å²) in [5, 5.41) is 22.7. The zero-order chi connectivity index (χ0) is 22.2. The number of benzene rings is 2. The van der Waals surface area contributed by atoms with Gasteiger partial charge in [-0.1, -0.05) is 18.2 Å². The number of hydrogen-bond donors (Lipinski definition) is 3. The standard InChI is InChI=1S/C23H22F3NO4/c24-23(25,26)15-6-7-16-14(4-2-8-31-21(16)11-15)10-22(30)27-18-5-1-3-13-9-19(28)20(29)12-17(13)18/h1,3,5-7,10-11,19-20,28-29H,2,4,8-9,12H2,(H,27,30). The molecule has 1 amide bonds. The van der Waals surface area contributed by atoms with E-state index in [1.165, 1.54) is 12.1 Å². The summed E-state index contributed by atoms with van der Waals surface area (Å²) in [6, 6.07) is 8.62. The zero-order valence-corrected chi connectivity index (χ0v) is 16.6. The Labute approximate surface area is 177 Å². The molecule has 8 heteroatoms. The van der Waals surface area contributed by atoms with Gasteiger partial charge in [-0.15, -0.1) is 0 Å². The monoisotopic (exact) mass is 433 g/mol. The van der Waals surface area contributed by atoms with Gasteiger partial charge in [-0.3, -0.25) is 4.79 Å². The maximum absolute atomic E-state index is 13.0. The van der Waals surface area contributed by atoms with E-state index in [0.29, 0.717) is 36.1 Å². The van der Waals surface area contributed by atoms with Crippen LogP contribution in [0.4, 0.5) is 18.9 Å². The van der Waals surface area contributed by atoms with Crippen molar-refractivity contribution >= 4 is 17.2 Å². The molecule has 2 aromatic carbocycles. The number of fused-ring (bicyclic) bond motifs is 2. The molecular weight excluding hydrogens is 411 g/mol. The Kier molecular flexibility index (Phi) is 5.77. The summed E-state index contributed by atoms with van der Waals surface area (Å²) in [5.74, 6) is -0.308. The van der Waals surface area contributed by atoms with Crippen LogP contribution >= 0.6 is 0 Å². The lowest BCUT2D eigenvalue weighted by molar-refractivity contribution is -0.137. The van der Waals surface area contributed by atoms with E-state index in [0.717, 1.165) is 23.3 Å². The highest BCUT2D eigenvalue weighted by atomic mass is 19.4. The van der Waals surface area contributed by atoms with Crippen molar-refractivity contribution in [3.63, 3.8) is 0 Å². The van der Waals surface area contributed by atoms with Crippen LogP contribution < -0.4 is 10.1 Å². The number of aliphatic hydroxyl groups is 2. The van der Waals surface area contributed by atoms with Crippen LogP contribution in [0.1, 0.15) is 35.1 Å². The van der Waals surface area contributed by atoms with Crippen LogP contribution in [0.15, 0.2) is 42.5 Å². The lowest BCUT2D eigenvalue weighted by Gasteiger charge is -2.27. The molecule has 0 saturated carbocycles. The SMILES string of the molecule is O=C(C=C1CCCOc2cc(C(F)(F)F)ccc21)Nc1cccc2c1CC(O)C(O)C2. The topological polar surface area (TPSA) is 78.8 Å². The second-order valence-corrected chi connectivity index (χ2v) is 7.81. The molecule has 2 aliphatic rings. The van der Waals surface area contributed by atoms with Crippen LogP contribution in [-0.4, -0.2) is 34.9 Å². The molecule has 3 N–H and O–H groups in total. The molecule has 0 radical (unpaired) electrons. The number of rotatable bonds is 2. The number of halogens is 3. The molecule has 2 atom stereocenters. The Bertz CT molecular complexity index is 1030. The molecule has 0 aromatic heterocycles. The fraction of sp³-hybridized carbons (Fsp3) is 0.348. The van der Waals surface area contributed by atoms with Crippen molar-refractivity contribution in [3.05, 3.63) is 64.7 Å². The molecule has 2 unspecified atom stereocenters. The minimum atomic E-state index is -4.48. The van der Waals surface area contributed by atoms with E-state index in [-0.39, 0.29) is 18.8 Å². The Morgan fingerprint density at radius 3 is 2.68 bits per heavy atom. The van der Waals surface area contributed by atoms with Crippen LogP contribution in [0, 0.1) is 0 Å². The summed E-state index contributed by atoms with van der Waals surface area (Å²) >= 11 is 0. The van der Waals surface area contributed by atoms with Crippen LogP contribution in [-0.2, 0) is 23.8 Å². The number of amides is 1. The highest BCUT2D eigenvalue weighted by Crippen LogP contribution is 2.38. The number of ether oxygens (including phenoxy) is 1. The van der Waals surface area contributed by atoms with Crippen LogP contribution in [0.3, 0.4) is 0 Å². The summed E-state index contributed by atoms with van der Waals surface area (Å²) < 4.78 is 44.6. The maximum Gasteiger partial charge on any atom is 0.416 e. The van der Waals surface area contributed by atoms with Gasteiger partial charge in [0.2, 0.25) is 5.91 Å². The second kappa shape index (κ2) is 8.36. The molecule has 4 rings (SSSR count). The molecule has 1 aliphatic carbocycles. The average Bonchev–Trinajstić information content (AvgIpc) is 2.90. The fourth-order valence-corrected chi connectivity index (χ4v) is 4.03. The minimum absolute atomic E-state index is 0.112. The van der Waals surface area contributed by atoms with Gasteiger partial charge in [0.05, 0.1) is 24.4 Å². The zero-order valence-electron chi connectivity index (χ0n) is 16.6. The van der Waals surface area contributed by atoms with Crippen molar-refractivity contribution in [3.8, 4) is 5.75 Å². The molecular formula is C23H22F3NO4. The lowest BCUT2D eigenvalue weighted by Crippen LogP contribution is -2.35. The molecule has 5 nitrogen and oxygen atoms in total. The predicted octanol–water partition coefficient (Wildman–Crippen LogP) is 3.72. The predicted molar refractivity (Wildman–Crippen MR) is 109 cm³/mol. The van der Waals surface area contributed by atoms with E-state index in [9.17, 15) is 28.2 Å². The summed E-state index contributed by atoms with van der Waals surface area (Å²) in [6.45, 7) is 0.264. The first-order chi connectivity index (χ1) is 14.7. The molecule has 0 bridgehead atoms. The van der Waals surface area contributed by atoms with Gasteiger partial charge >= 0.3 is 6.18 Å². The number of hydrogen-bond acceptors (Lipinski definition) is 4. The molecule has 1 heterocycles. The van der Waals surface area contributed by atoms with Crippen molar-refractivity contribution < 1.29 is 32.9 Å². The summed E-state index contributed by atoms with van der Waals surface area (Å²) in [7, 11) is 0. The van der Waals surface area contributed by atoms with Crippen molar-refractivity contribution in [1.82, 2.24) is 0 Å². The van der Waals surface area contributed by atoms with Crippen molar-refractivity contribution in [2.45, 2.75) is 44.1 Å². The average molecular weight is 433 g/mol. The van der Waals surface area contributed by atoms with Gasteiger partial charge in [0.15, 0.2) is 0 Å². The smallest absolute Gasteiger partial charge is 0.416 e. The van der Waals surface area contributed by atoms with Gasteiger partial charge in [0, 0.05) is 30.2 Å². The molecule has 1 aliphatic heterocycles. The lowest BCUT2D eigenvalue weighted by atomic mass is 9.86. The molecule has 0 saturated heterocycles. The van der Waals surface area contributed by atoms with Crippen molar-refractivity contribution in [1.29, 1.82) is 0 Å². The third-order valence-corrected chi connectivity index (χ3v) is 5.63. The highest BCUT2D eigenvalue weighted by Gasteiger charge is 2.32. The molecule has 164 valence electrons. The molecule has 31 heavy (non-hydrogen) atoms. The maximum atomic E-state index is 13.0. The molecule has 0 fully saturated rings. The van der Waals surface area contributed by atoms with Gasteiger partial charge < -0.3 is 20.3 Å². The fourth-order valence-electron chi connectivity index (χ4n) is 4.03. The Morgan fingerprint density at radius 2 is 1.90 bits per heavy atom. The van der Waals surface area contributed by atoms with E-state index in [1.54, 1.807) is 12.1 Å². The number of allylic oxidation sites excluding steroid dienone is 1. The number of carbonyl (C=O) groups is 1. The van der Waals surface area contributed by atoms with Gasteiger partial charge in [-0.25, -0.2) is 0 Å². The van der Waals surface area contributed by atoms with Crippen molar-refractivity contribution in [2.75, 3.05) is 11.9 Å². The van der Waals surface area contributed by atoms with E-state index in [4.69, 9.17) is 4.74 Å². The largest absolute Gasteiger partial charge is 0.493 e. The number of nitrogens with one attached hydrogen (secondary N) is 1. The van der Waals surface area contributed by atoms with E-state index >= 15 is 0 Å². The first-order valence-electron chi connectivity index (χ1n) is 10.1. The normalized spacial score (nSPS) is 22.2. The van der Waals surface area contributed by atoms with Gasteiger partial charge in [0.25, 0.3) is 0 Å². The molecule has 0 spiro atoms. The van der Waals surface area contributed by atoms with Crippen LogP contribution in [0.5, 0.6) is 5.75 Å². The Morgan fingerprint density at radius 1 is 1.13 bits per heavy atom. The summed E-state index contributed by atoms with van der Waals surface area (Å²) in [4.78, 5) is 12.7.